The van der Waals surface area contributed by atoms with Crippen LogP contribution in [0, 0.1) is 0 Å². The Kier molecular flexibility index (Phi) is 5.50. The van der Waals surface area contributed by atoms with E-state index in [-0.39, 0.29) is 17.7 Å². The van der Waals surface area contributed by atoms with Crippen LogP contribution in [-0.4, -0.2) is 51.8 Å². The lowest BCUT2D eigenvalue weighted by Gasteiger charge is -2.25. The molecule has 8 heteroatoms. The topological polar surface area (TPSA) is 89.3 Å². The fraction of sp³-hybridized carbons (Fsp3) is 0.444. The molecule has 1 unspecified atom stereocenters. The first-order valence-electron chi connectivity index (χ1n) is 8.66. The van der Waals surface area contributed by atoms with E-state index >= 15 is 0 Å². The van der Waals surface area contributed by atoms with Crippen molar-refractivity contribution in [2.45, 2.75) is 25.3 Å². The highest BCUT2D eigenvalue weighted by Gasteiger charge is 2.23. The number of carbonyl (C=O) groups is 1. The van der Waals surface area contributed by atoms with Crippen LogP contribution in [0.1, 0.15) is 19.3 Å². The first-order chi connectivity index (χ1) is 12.6. The molecule has 1 atom stereocenters. The molecule has 8 nitrogen and oxygen atoms in total. The van der Waals surface area contributed by atoms with Gasteiger partial charge in [0.15, 0.2) is 0 Å². The summed E-state index contributed by atoms with van der Waals surface area (Å²) in [6, 6.07) is 5.14. The zero-order chi connectivity index (χ0) is 18.5. The molecule has 3 heterocycles. The first-order valence-corrected chi connectivity index (χ1v) is 8.66. The van der Waals surface area contributed by atoms with Gasteiger partial charge < -0.3 is 15.0 Å². The van der Waals surface area contributed by atoms with Gasteiger partial charge in [0.2, 0.25) is 5.95 Å². The number of aromatic nitrogens is 3. The number of anilines is 1. The minimum absolute atomic E-state index is 0.00221. The molecular formula is C18H23N5O3. The summed E-state index contributed by atoms with van der Waals surface area (Å²) in [7, 11) is 3.07. The van der Waals surface area contributed by atoms with Crippen LogP contribution in [0.25, 0.3) is 11.3 Å². The molecule has 0 radical (unpaired) electrons. The number of ether oxygens (including phenoxy) is 1. The second kappa shape index (κ2) is 7.99. The third-order valence-corrected chi connectivity index (χ3v) is 4.55. The predicted molar refractivity (Wildman–Crippen MR) is 97.9 cm³/mol. The minimum Gasteiger partial charge on any atom is -0.453 e. The van der Waals surface area contributed by atoms with Gasteiger partial charge in [-0.15, -0.1) is 0 Å². The Morgan fingerprint density at radius 1 is 1.31 bits per heavy atom. The Labute approximate surface area is 151 Å². The zero-order valence-electron chi connectivity index (χ0n) is 15.0. The van der Waals surface area contributed by atoms with Crippen molar-refractivity contribution in [1.29, 1.82) is 0 Å². The lowest BCUT2D eigenvalue weighted by molar-refractivity contribution is 0.124. The second-order valence-corrected chi connectivity index (χ2v) is 6.35. The van der Waals surface area contributed by atoms with E-state index in [4.69, 9.17) is 4.74 Å². The Balaban J connectivity index is 1.85. The molecule has 1 saturated heterocycles. The van der Waals surface area contributed by atoms with E-state index in [9.17, 15) is 9.59 Å². The molecule has 26 heavy (non-hydrogen) atoms. The number of carbonyl (C=O) groups excluding carboxylic acids is 1. The number of nitrogens with one attached hydrogen (secondary N) is 1. The fourth-order valence-corrected chi connectivity index (χ4v) is 3.08. The number of rotatable bonds is 3. The number of hydrogen-bond donors (Lipinski definition) is 1. The van der Waals surface area contributed by atoms with Crippen molar-refractivity contribution in [3.63, 3.8) is 0 Å². The highest BCUT2D eigenvalue weighted by molar-refractivity contribution is 5.67. The Morgan fingerprint density at radius 2 is 2.08 bits per heavy atom. The van der Waals surface area contributed by atoms with Crippen LogP contribution < -0.4 is 10.9 Å². The van der Waals surface area contributed by atoms with Gasteiger partial charge in [-0.1, -0.05) is 0 Å². The van der Waals surface area contributed by atoms with Crippen molar-refractivity contribution in [3.8, 4) is 11.3 Å². The average Bonchev–Trinajstić information content (AvgIpc) is 2.91. The van der Waals surface area contributed by atoms with Gasteiger partial charge >= 0.3 is 6.09 Å². The number of methoxy groups -OCH3 is 1. The molecule has 0 aromatic carbocycles. The molecule has 2 aromatic heterocycles. The third kappa shape index (κ3) is 4.01. The van der Waals surface area contributed by atoms with Gasteiger partial charge in [0.05, 0.1) is 12.8 Å². The molecule has 1 aliphatic rings. The quantitative estimate of drug-likeness (QED) is 0.902. The zero-order valence-corrected chi connectivity index (χ0v) is 15.0. The number of hydrogen-bond acceptors (Lipinski definition) is 6. The van der Waals surface area contributed by atoms with E-state index in [0.717, 1.165) is 24.8 Å². The smallest absolute Gasteiger partial charge is 0.409 e. The molecule has 138 valence electrons. The molecular weight excluding hydrogens is 334 g/mol. The summed E-state index contributed by atoms with van der Waals surface area (Å²) in [6.07, 6.45) is 5.82. The van der Waals surface area contributed by atoms with Crippen LogP contribution in [0.5, 0.6) is 0 Å². The van der Waals surface area contributed by atoms with Crippen LogP contribution in [0.2, 0.25) is 0 Å². The molecule has 1 amide bonds. The van der Waals surface area contributed by atoms with E-state index in [1.54, 1.807) is 24.3 Å². The van der Waals surface area contributed by atoms with Gasteiger partial charge in [-0.2, -0.15) is 0 Å². The molecule has 0 aliphatic carbocycles. The van der Waals surface area contributed by atoms with Crippen molar-refractivity contribution >= 4 is 12.0 Å². The summed E-state index contributed by atoms with van der Waals surface area (Å²) in [5, 5.41) is 3.34. The van der Waals surface area contributed by atoms with E-state index in [1.807, 2.05) is 12.1 Å². The van der Waals surface area contributed by atoms with Gasteiger partial charge in [-0.3, -0.25) is 14.3 Å². The Bertz CT molecular complexity index is 821. The average molecular weight is 357 g/mol. The summed E-state index contributed by atoms with van der Waals surface area (Å²) in [6.45, 7) is 1.19. The lowest BCUT2D eigenvalue weighted by Crippen LogP contribution is -2.40. The molecule has 0 bridgehead atoms. The van der Waals surface area contributed by atoms with Gasteiger partial charge in [0, 0.05) is 50.2 Å². The summed E-state index contributed by atoms with van der Waals surface area (Å²) < 4.78 is 6.33. The molecule has 1 N–H and O–H groups in total. The van der Waals surface area contributed by atoms with Crippen LogP contribution >= 0.6 is 0 Å². The SMILES string of the molecule is COC(=O)N1CCCCC(Nc2nc(-c3ccncc3)cc(=O)n2C)C1. The van der Waals surface area contributed by atoms with Gasteiger partial charge in [-0.25, -0.2) is 9.78 Å². The van der Waals surface area contributed by atoms with Crippen molar-refractivity contribution < 1.29 is 9.53 Å². The summed E-state index contributed by atoms with van der Waals surface area (Å²) >= 11 is 0. The number of nitrogens with zero attached hydrogens (tertiary/aromatic N) is 4. The molecule has 1 fully saturated rings. The number of pyridine rings is 1. The predicted octanol–water partition coefficient (Wildman–Crippen LogP) is 1.88. The molecule has 0 spiro atoms. The van der Waals surface area contributed by atoms with E-state index < -0.39 is 0 Å². The first kappa shape index (κ1) is 17.9. The normalized spacial score (nSPS) is 17.5. The van der Waals surface area contributed by atoms with E-state index in [0.29, 0.717) is 24.7 Å². The maximum absolute atomic E-state index is 12.3. The van der Waals surface area contributed by atoms with E-state index in [2.05, 4.69) is 15.3 Å². The standard InChI is InChI=1S/C18H23N5O3/c1-22-16(24)11-15(13-6-8-19-9-7-13)21-17(22)20-14-5-3-4-10-23(12-14)18(25)26-2/h6-9,11,14H,3-5,10,12H2,1-2H3,(H,20,21). The minimum atomic E-state index is -0.328. The van der Waals surface area contributed by atoms with Crippen LogP contribution in [0.4, 0.5) is 10.7 Å². The van der Waals surface area contributed by atoms with Crippen molar-refractivity contribution in [3.05, 3.63) is 40.9 Å². The third-order valence-electron chi connectivity index (χ3n) is 4.55. The Morgan fingerprint density at radius 3 is 2.81 bits per heavy atom. The lowest BCUT2D eigenvalue weighted by atomic mass is 10.1. The molecule has 1 aliphatic heterocycles. The summed E-state index contributed by atoms with van der Waals surface area (Å²) in [4.78, 5) is 34.5. The molecule has 0 saturated carbocycles. The van der Waals surface area contributed by atoms with Gasteiger partial charge in [-0.05, 0) is 31.4 Å². The molecule has 2 aromatic rings. The second-order valence-electron chi connectivity index (χ2n) is 6.35. The van der Waals surface area contributed by atoms with Gasteiger partial charge in [0.25, 0.3) is 5.56 Å². The maximum Gasteiger partial charge on any atom is 0.409 e. The Hall–Kier alpha value is -2.90. The summed E-state index contributed by atoms with van der Waals surface area (Å²) in [5.74, 6) is 0.487. The summed E-state index contributed by atoms with van der Waals surface area (Å²) in [5.41, 5.74) is 1.28. The van der Waals surface area contributed by atoms with Crippen LogP contribution in [0.15, 0.2) is 35.4 Å². The number of likely N-dealkylation sites (tertiary alicyclic amines) is 1. The molecule has 3 rings (SSSR count). The van der Waals surface area contributed by atoms with Crippen LogP contribution in [0.3, 0.4) is 0 Å². The maximum atomic E-state index is 12.3. The number of amides is 1. The van der Waals surface area contributed by atoms with Gasteiger partial charge in [0.1, 0.15) is 0 Å². The fourth-order valence-electron chi connectivity index (χ4n) is 3.08. The van der Waals surface area contributed by atoms with E-state index in [1.165, 1.54) is 17.7 Å². The van der Waals surface area contributed by atoms with Crippen molar-refractivity contribution in [2.24, 2.45) is 7.05 Å². The highest BCUT2D eigenvalue weighted by Crippen LogP contribution is 2.18. The van der Waals surface area contributed by atoms with Crippen molar-refractivity contribution in [2.75, 3.05) is 25.5 Å². The largest absolute Gasteiger partial charge is 0.453 e. The van der Waals surface area contributed by atoms with Crippen LogP contribution in [-0.2, 0) is 11.8 Å². The highest BCUT2D eigenvalue weighted by atomic mass is 16.5. The van der Waals surface area contributed by atoms with Crippen molar-refractivity contribution in [1.82, 2.24) is 19.4 Å². The monoisotopic (exact) mass is 357 g/mol.